The summed E-state index contributed by atoms with van der Waals surface area (Å²) in [5, 5.41) is 0. The van der Waals surface area contributed by atoms with Crippen molar-refractivity contribution in [3.8, 4) is 5.69 Å². The van der Waals surface area contributed by atoms with E-state index in [0.29, 0.717) is 5.92 Å². The quantitative estimate of drug-likeness (QED) is 0.942. The maximum atomic E-state index is 6.26. The normalized spacial score (nSPS) is 22.5. The topological polar surface area (TPSA) is 47.1 Å². The molecule has 4 nitrogen and oxygen atoms in total. The smallest absolute Gasteiger partial charge is 0.210 e. The van der Waals surface area contributed by atoms with Gasteiger partial charge in [-0.05, 0) is 30.9 Å². The van der Waals surface area contributed by atoms with Crippen molar-refractivity contribution in [2.75, 3.05) is 18.0 Å². The SMILES string of the molecule is CCc1cn(-c2ccccc2)c(N2CCC(C)C(N)C2)n1. The number of nitrogens with two attached hydrogens (primary N) is 1. The molecule has 0 saturated carbocycles. The summed E-state index contributed by atoms with van der Waals surface area (Å²) < 4.78 is 2.20. The van der Waals surface area contributed by atoms with Gasteiger partial charge in [-0.25, -0.2) is 4.98 Å². The molecule has 2 N–H and O–H groups in total. The third-order valence-electron chi connectivity index (χ3n) is 4.43. The minimum absolute atomic E-state index is 0.227. The molecular weight excluding hydrogens is 260 g/mol. The molecule has 2 unspecified atom stereocenters. The van der Waals surface area contributed by atoms with Crippen LogP contribution in [0.25, 0.3) is 5.69 Å². The fourth-order valence-corrected chi connectivity index (χ4v) is 2.87. The van der Waals surface area contributed by atoms with Crippen molar-refractivity contribution in [3.05, 3.63) is 42.2 Å². The van der Waals surface area contributed by atoms with E-state index in [-0.39, 0.29) is 6.04 Å². The van der Waals surface area contributed by atoms with Gasteiger partial charge in [0, 0.05) is 31.0 Å². The molecule has 2 heterocycles. The van der Waals surface area contributed by atoms with E-state index >= 15 is 0 Å². The van der Waals surface area contributed by atoms with Crippen LogP contribution in [-0.4, -0.2) is 28.7 Å². The van der Waals surface area contributed by atoms with E-state index in [9.17, 15) is 0 Å². The lowest BCUT2D eigenvalue weighted by Gasteiger charge is -2.35. The average Bonchev–Trinajstić information content (AvgIpc) is 2.95. The number of benzene rings is 1. The predicted octanol–water partition coefficient (Wildman–Crippen LogP) is 2.61. The van der Waals surface area contributed by atoms with Crippen LogP contribution in [0.2, 0.25) is 0 Å². The Labute approximate surface area is 126 Å². The summed E-state index contributed by atoms with van der Waals surface area (Å²) >= 11 is 0. The summed E-state index contributed by atoms with van der Waals surface area (Å²) in [7, 11) is 0. The highest BCUT2D eigenvalue weighted by Gasteiger charge is 2.26. The molecule has 1 fully saturated rings. The molecule has 0 bridgehead atoms. The van der Waals surface area contributed by atoms with Crippen molar-refractivity contribution in [1.82, 2.24) is 9.55 Å². The Morgan fingerprint density at radius 1 is 1.29 bits per heavy atom. The number of hydrogen-bond acceptors (Lipinski definition) is 3. The fraction of sp³-hybridized carbons (Fsp3) is 0.471. The van der Waals surface area contributed by atoms with E-state index < -0.39 is 0 Å². The van der Waals surface area contributed by atoms with Gasteiger partial charge in [0.05, 0.1) is 5.69 Å². The van der Waals surface area contributed by atoms with Gasteiger partial charge in [-0.3, -0.25) is 4.57 Å². The van der Waals surface area contributed by atoms with Crippen LogP contribution in [0, 0.1) is 5.92 Å². The van der Waals surface area contributed by atoms with Gasteiger partial charge in [0.1, 0.15) is 0 Å². The summed E-state index contributed by atoms with van der Waals surface area (Å²) in [6.45, 7) is 6.30. The number of aryl methyl sites for hydroxylation is 1. The number of piperidine rings is 1. The first-order chi connectivity index (χ1) is 10.2. The van der Waals surface area contributed by atoms with Gasteiger partial charge in [0.25, 0.3) is 0 Å². The number of para-hydroxylation sites is 1. The van der Waals surface area contributed by atoms with Gasteiger partial charge in [-0.1, -0.05) is 32.0 Å². The zero-order chi connectivity index (χ0) is 14.8. The largest absolute Gasteiger partial charge is 0.340 e. The lowest BCUT2D eigenvalue weighted by atomic mass is 9.94. The molecule has 21 heavy (non-hydrogen) atoms. The Hall–Kier alpha value is -1.81. The van der Waals surface area contributed by atoms with E-state index in [0.717, 1.165) is 43.3 Å². The molecular formula is C17H24N4. The standard InChI is InChI=1S/C17H24N4/c1-3-14-11-21(15-7-5-4-6-8-15)17(19-14)20-10-9-13(2)16(18)12-20/h4-8,11,13,16H,3,9-10,12,18H2,1-2H3. The first-order valence-corrected chi connectivity index (χ1v) is 7.83. The van der Waals surface area contributed by atoms with Crippen LogP contribution in [0.3, 0.4) is 0 Å². The summed E-state index contributed by atoms with van der Waals surface area (Å²) in [5.41, 5.74) is 8.54. The van der Waals surface area contributed by atoms with Gasteiger partial charge in [-0.2, -0.15) is 0 Å². The van der Waals surface area contributed by atoms with Crippen molar-refractivity contribution in [2.24, 2.45) is 11.7 Å². The summed E-state index contributed by atoms with van der Waals surface area (Å²) in [6, 6.07) is 10.6. The van der Waals surface area contributed by atoms with E-state index in [2.05, 4.69) is 53.8 Å². The summed E-state index contributed by atoms with van der Waals surface area (Å²) in [4.78, 5) is 7.15. The molecule has 1 aliphatic heterocycles. The Balaban J connectivity index is 1.96. The highest BCUT2D eigenvalue weighted by Crippen LogP contribution is 2.25. The van der Waals surface area contributed by atoms with Crippen LogP contribution in [0.15, 0.2) is 36.5 Å². The zero-order valence-electron chi connectivity index (χ0n) is 12.9. The van der Waals surface area contributed by atoms with E-state index in [1.54, 1.807) is 0 Å². The van der Waals surface area contributed by atoms with Gasteiger partial charge in [0.2, 0.25) is 5.95 Å². The third kappa shape index (κ3) is 2.81. The third-order valence-corrected chi connectivity index (χ3v) is 4.43. The first kappa shape index (κ1) is 14.1. The van der Waals surface area contributed by atoms with Crippen molar-refractivity contribution in [1.29, 1.82) is 0 Å². The second-order valence-corrected chi connectivity index (χ2v) is 5.97. The molecule has 1 aromatic heterocycles. The predicted molar refractivity (Wildman–Crippen MR) is 86.9 cm³/mol. The molecule has 112 valence electrons. The van der Waals surface area contributed by atoms with Crippen molar-refractivity contribution < 1.29 is 0 Å². The molecule has 0 aliphatic carbocycles. The monoisotopic (exact) mass is 284 g/mol. The van der Waals surface area contributed by atoms with E-state index in [1.807, 2.05) is 6.07 Å². The molecule has 1 aromatic carbocycles. The molecule has 1 saturated heterocycles. The Bertz CT molecular complexity index is 590. The Morgan fingerprint density at radius 3 is 2.71 bits per heavy atom. The van der Waals surface area contributed by atoms with Crippen LogP contribution in [0.1, 0.15) is 26.0 Å². The molecule has 2 aromatic rings. The molecule has 2 atom stereocenters. The minimum atomic E-state index is 0.227. The number of nitrogens with zero attached hydrogens (tertiary/aromatic N) is 3. The van der Waals surface area contributed by atoms with Crippen LogP contribution in [0.5, 0.6) is 0 Å². The molecule has 0 spiro atoms. The Morgan fingerprint density at radius 2 is 2.05 bits per heavy atom. The molecule has 4 heteroatoms. The summed E-state index contributed by atoms with van der Waals surface area (Å²) in [5.74, 6) is 1.62. The fourth-order valence-electron chi connectivity index (χ4n) is 2.87. The van der Waals surface area contributed by atoms with Gasteiger partial charge >= 0.3 is 0 Å². The molecule has 0 amide bonds. The number of hydrogen-bond donors (Lipinski definition) is 1. The number of rotatable bonds is 3. The second-order valence-electron chi connectivity index (χ2n) is 5.97. The number of aromatic nitrogens is 2. The molecule has 0 radical (unpaired) electrons. The highest BCUT2D eigenvalue weighted by atomic mass is 15.3. The highest BCUT2D eigenvalue weighted by molar-refractivity contribution is 5.45. The Kier molecular flexibility index (Phi) is 3.97. The lowest BCUT2D eigenvalue weighted by Crippen LogP contribution is -2.48. The van der Waals surface area contributed by atoms with Crippen molar-refractivity contribution >= 4 is 5.95 Å². The van der Waals surface area contributed by atoms with E-state index in [1.165, 1.54) is 0 Å². The van der Waals surface area contributed by atoms with Crippen LogP contribution in [0.4, 0.5) is 5.95 Å². The second kappa shape index (κ2) is 5.90. The van der Waals surface area contributed by atoms with Crippen molar-refractivity contribution in [2.45, 2.75) is 32.7 Å². The molecule has 1 aliphatic rings. The van der Waals surface area contributed by atoms with Gasteiger partial charge in [0.15, 0.2) is 0 Å². The lowest BCUT2D eigenvalue weighted by molar-refractivity contribution is 0.376. The van der Waals surface area contributed by atoms with Crippen LogP contribution >= 0.6 is 0 Å². The van der Waals surface area contributed by atoms with Crippen LogP contribution in [-0.2, 0) is 6.42 Å². The van der Waals surface area contributed by atoms with Gasteiger partial charge in [-0.15, -0.1) is 0 Å². The molecule has 3 rings (SSSR count). The zero-order valence-corrected chi connectivity index (χ0v) is 12.9. The minimum Gasteiger partial charge on any atom is -0.340 e. The summed E-state index contributed by atoms with van der Waals surface area (Å²) in [6.07, 6.45) is 4.22. The van der Waals surface area contributed by atoms with Crippen LogP contribution < -0.4 is 10.6 Å². The average molecular weight is 284 g/mol. The van der Waals surface area contributed by atoms with Crippen molar-refractivity contribution in [3.63, 3.8) is 0 Å². The maximum Gasteiger partial charge on any atom is 0.210 e. The first-order valence-electron chi connectivity index (χ1n) is 7.83. The van der Waals surface area contributed by atoms with E-state index in [4.69, 9.17) is 10.7 Å². The maximum absolute atomic E-state index is 6.26. The number of anilines is 1. The van der Waals surface area contributed by atoms with Gasteiger partial charge < -0.3 is 10.6 Å². The number of imidazole rings is 1.